The Morgan fingerprint density at radius 3 is 2.47 bits per heavy atom. The van der Waals surface area contributed by atoms with E-state index in [1.807, 2.05) is 0 Å². The van der Waals surface area contributed by atoms with E-state index in [1.165, 1.54) is 9.80 Å². The summed E-state index contributed by atoms with van der Waals surface area (Å²) in [5.41, 5.74) is 0. The van der Waals surface area contributed by atoms with E-state index in [9.17, 15) is 14.4 Å². The number of hydrogen-bond acceptors (Lipinski definition) is 3. The van der Waals surface area contributed by atoms with Crippen molar-refractivity contribution in [3.8, 4) is 0 Å². The summed E-state index contributed by atoms with van der Waals surface area (Å²) in [4.78, 5) is 37.4. The highest BCUT2D eigenvalue weighted by Crippen LogP contribution is 2.36. The van der Waals surface area contributed by atoms with Gasteiger partial charge in [0, 0.05) is 19.6 Å². The van der Waals surface area contributed by atoms with Gasteiger partial charge < -0.3 is 14.9 Å². The van der Waals surface area contributed by atoms with Crippen molar-refractivity contribution in [2.75, 3.05) is 19.6 Å². The van der Waals surface area contributed by atoms with Crippen LogP contribution in [0.1, 0.15) is 19.8 Å². The Morgan fingerprint density at radius 2 is 2.00 bits per heavy atom. The zero-order valence-corrected chi connectivity index (χ0v) is 9.76. The van der Waals surface area contributed by atoms with Gasteiger partial charge >= 0.3 is 17.8 Å². The highest BCUT2D eigenvalue weighted by atomic mass is 16.4. The molecule has 0 aromatic heterocycles. The van der Waals surface area contributed by atoms with Crippen molar-refractivity contribution >= 4 is 17.8 Å². The second-order valence-corrected chi connectivity index (χ2v) is 4.50. The minimum atomic E-state index is -1.00. The fourth-order valence-electron chi connectivity index (χ4n) is 2.26. The molecule has 1 heterocycles. The van der Waals surface area contributed by atoms with Gasteiger partial charge in [-0.3, -0.25) is 9.59 Å². The normalized spacial score (nSPS) is 22.9. The van der Waals surface area contributed by atoms with Crippen molar-refractivity contribution in [1.82, 2.24) is 9.80 Å². The topological polar surface area (TPSA) is 77.9 Å². The lowest BCUT2D eigenvalue weighted by molar-refractivity contribution is -0.162. The van der Waals surface area contributed by atoms with E-state index in [4.69, 9.17) is 5.11 Å². The van der Waals surface area contributed by atoms with Crippen LogP contribution in [-0.2, 0) is 14.4 Å². The molecule has 1 N–H and O–H groups in total. The van der Waals surface area contributed by atoms with E-state index in [1.54, 1.807) is 6.92 Å². The summed E-state index contributed by atoms with van der Waals surface area (Å²) in [5, 5.41) is 9.14. The second-order valence-electron chi connectivity index (χ2n) is 4.50. The summed E-state index contributed by atoms with van der Waals surface area (Å²) < 4.78 is 0. The van der Waals surface area contributed by atoms with Gasteiger partial charge in [-0.1, -0.05) is 0 Å². The van der Waals surface area contributed by atoms with Crippen molar-refractivity contribution in [3.05, 3.63) is 0 Å². The van der Waals surface area contributed by atoms with Crippen molar-refractivity contribution < 1.29 is 19.5 Å². The number of amides is 2. The zero-order chi connectivity index (χ0) is 12.6. The number of carbonyl (C=O) groups excluding carboxylic acids is 2. The van der Waals surface area contributed by atoms with Crippen LogP contribution in [0.15, 0.2) is 0 Å². The molecule has 17 heavy (non-hydrogen) atoms. The number of hydrogen-bond donors (Lipinski definition) is 1. The third kappa shape index (κ3) is 2.11. The minimum Gasteiger partial charge on any atom is -0.480 e. The van der Waals surface area contributed by atoms with Gasteiger partial charge in [0.05, 0.1) is 0 Å². The van der Waals surface area contributed by atoms with Gasteiger partial charge in [-0.2, -0.15) is 0 Å². The zero-order valence-electron chi connectivity index (χ0n) is 9.76. The molecule has 0 aromatic carbocycles. The van der Waals surface area contributed by atoms with Crippen LogP contribution in [0.2, 0.25) is 0 Å². The highest BCUT2D eigenvalue weighted by molar-refractivity contribution is 6.35. The number of likely N-dealkylation sites (N-methyl/N-ethyl adjacent to an activating group) is 1. The number of piperazine rings is 1. The largest absolute Gasteiger partial charge is 0.480 e. The molecule has 1 saturated carbocycles. The molecule has 6 heteroatoms. The summed E-state index contributed by atoms with van der Waals surface area (Å²) in [7, 11) is 0. The average Bonchev–Trinajstić information content (AvgIpc) is 3.09. The second kappa shape index (κ2) is 4.35. The number of rotatable bonds is 4. The molecule has 1 aliphatic heterocycles. The van der Waals surface area contributed by atoms with Crippen LogP contribution < -0.4 is 0 Å². The molecular weight excluding hydrogens is 224 g/mol. The Labute approximate surface area is 99.2 Å². The smallest absolute Gasteiger partial charge is 0.326 e. The van der Waals surface area contributed by atoms with Crippen LogP contribution in [0.3, 0.4) is 0 Å². The molecule has 0 aromatic rings. The van der Waals surface area contributed by atoms with E-state index >= 15 is 0 Å². The van der Waals surface area contributed by atoms with Crippen LogP contribution in [0.25, 0.3) is 0 Å². The van der Waals surface area contributed by atoms with Gasteiger partial charge in [-0.05, 0) is 25.7 Å². The van der Waals surface area contributed by atoms with E-state index in [2.05, 4.69) is 0 Å². The lowest BCUT2D eigenvalue weighted by atomic mass is 10.1. The van der Waals surface area contributed by atoms with Crippen LogP contribution >= 0.6 is 0 Å². The lowest BCUT2D eigenvalue weighted by Crippen LogP contribution is -2.59. The number of carboxylic acids is 1. The summed E-state index contributed by atoms with van der Waals surface area (Å²) in [5.74, 6) is -2.22. The van der Waals surface area contributed by atoms with Gasteiger partial charge in [0.2, 0.25) is 0 Å². The average molecular weight is 240 g/mol. The van der Waals surface area contributed by atoms with Gasteiger partial charge in [0.1, 0.15) is 6.04 Å². The van der Waals surface area contributed by atoms with Gasteiger partial charge in [0.25, 0.3) is 0 Å². The molecule has 94 valence electrons. The Balaban J connectivity index is 2.13. The lowest BCUT2D eigenvalue weighted by Gasteiger charge is -2.36. The highest BCUT2D eigenvalue weighted by Gasteiger charge is 2.45. The molecule has 1 unspecified atom stereocenters. The third-order valence-corrected chi connectivity index (χ3v) is 3.38. The maximum atomic E-state index is 11.8. The Hall–Kier alpha value is -1.59. The van der Waals surface area contributed by atoms with Crippen molar-refractivity contribution in [2.24, 2.45) is 5.92 Å². The predicted octanol–water partition coefficient (Wildman–Crippen LogP) is -0.460. The van der Waals surface area contributed by atoms with E-state index in [0.29, 0.717) is 19.6 Å². The molecule has 0 spiro atoms. The molecule has 1 aliphatic carbocycles. The first-order valence-electron chi connectivity index (χ1n) is 5.89. The first-order valence-corrected chi connectivity index (χ1v) is 5.89. The molecule has 0 radical (unpaired) electrons. The Kier molecular flexibility index (Phi) is 3.04. The fraction of sp³-hybridized carbons (Fsp3) is 0.727. The first-order chi connectivity index (χ1) is 8.06. The first kappa shape index (κ1) is 11.9. The molecule has 1 saturated heterocycles. The van der Waals surface area contributed by atoms with Gasteiger partial charge in [-0.15, -0.1) is 0 Å². The van der Waals surface area contributed by atoms with Crippen molar-refractivity contribution in [3.63, 3.8) is 0 Å². The molecular formula is C11H16N2O4. The van der Waals surface area contributed by atoms with Crippen molar-refractivity contribution in [2.45, 2.75) is 25.8 Å². The standard InChI is InChI=1S/C11H16N2O4/c1-2-12-5-6-13(10(15)9(12)14)8(11(16)17)7-3-4-7/h7-8H,2-6H2,1H3,(H,16,17). The predicted molar refractivity (Wildman–Crippen MR) is 58.1 cm³/mol. The summed E-state index contributed by atoms with van der Waals surface area (Å²) >= 11 is 0. The number of carbonyl (C=O) groups is 3. The van der Waals surface area contributed by atoms with E-state index in [0.717, 1.165) is 12.8 Å². The maximum absolute atomic E-state index is 11.8. The molecule has 2 amide bonds. The molecule has 2 rings (SSSR count). The fourth-order valence-corrected chi connectivity index (χ4v) is 2.26. The van der Waals surface area contributed by atoms with Crippen LogP contribution in [0.4, 0.5) is 0 Å². The molecule has 2 fully saturated rings. The summed E-state index contributed by atoms with van der Waals surface area (Å²) in [6, 6.07) is -0.814. The number of nitrogens with zero attached hydrogens (tertiary/aromatic N) is 2. The van der Waals surface area contributed by atoms with E-state index < -0.39 is 23.8 Å². The number of aliphatic carboxylic acids is 1. The van der Waals surface area contributed by atoms with Crippen LogP contribution in [0.5, 0.6) is 0 Å². The van der Waals surface area contributed by atoms with Gasteiger partial charge in [0.15, 0.2) is 0 Å². The maximum Gasteiger partial charge on any atom is 0.326 e. The van der Waals surface area contributed by atoms with E-state index in [-0.39, 0.29) is 5.92 Å². The summed E-state index contributed by atoms with van der Waals surface area (Å²) in [6.07, 6.45) is 1.65. The minimum absolute atomic E-state index is 0.0254. The summed E-state index contributed by atoms with van der Waals surface area (Å²) in [6.45, 7) is 3.04. The Morgan fingerprint density at radius 1 is 1.35 bits per heavy atom. The monoisotopic (exact) mass is 240 g/mol. The molecule has 0 bridgehead atoms. The Bertz CT molecular complexity index is 364. The van der Waals surface area contributed by atoms with Crippen molar-refractivity contribution in [1.29, 1.82) is 0 Å². The van der Waals surface area contributed by atoms with Crippen LogP contribution in [0, 0.1) is 5.92 Å². The third-order valence-electron chi connectivity index (χ3n) is 3.38. The molecule has 2 aliphatic rings. The molecule has 6 nitrogen and oxygen atoms in total. The van der Waals surface area contributed by atoms with Gasteiger partial charge in [-0.25, -0.2) is 4.79 Å². The molecule has 1 atom stereocenters. The SMILES string of the molecule is CCN1CCN(C(C(=O)O)C2CC2)C(=O)C1=O. The quantitative estimate of drug-likeness (QED) is 0.674. The van der Waals surface area contributed by atoms with Crippen LogP contribution in [-0.4, -0.2) is 58.4 Å². The number of carboxylic acid groups (broad SMARTS) is 1.